The van der Waals surface area contributed by atoms with Crippen molar-refractivity contribution in [2.45, 2.75) is 55.4 Å². The van der Waals surface area contributed by atoms with Gasteiger partial charge in [-0.3, -0.25) is 0 Å². The van der Waals surface area contributed by atoms with E-state index in [0.717, 1.165) is 0 Å². The molecule has 3 aromatic heterocycles. The molecule has 32 nitrogen and oxygen atoms in total. The number of hydrogen-bond donors (Lipinski definition) is 2. The molecular weight excluding hydrogens is 1460 g/mol. The van der Waals surface area contributed by atoms with Crippen molar-refractivity contribution >= 4 is 44.1 Å². The average molecular weight is 1570 g/mol. The van der Waals surface area contributed by atoms with Gasteiger partial charge in [0, 0.05) is 96.7 Å². The van der Waals surface area contributed by atoms with Crippen LogP contribution in [0.15, 0.2) is 48.5 Å². The van der Waals surface area contributed by atoms with E-state index in [-0.39, 0.29) is 129 Å². The number of rotatable bonds is 64. The maximum Gasteiger partial charge on any atom is 0.164 e. The third-order valence-corrected chi connectivity index (χ3v) is 16.6. The number of H-pyrrole nitrogens is 2. The van der Waals surface area contributed by atoms with Crippen LogP contribution in [0.3, 0.4) is 0 Å². The minimum atomic E-state index is 0.159. The number of aromatic amines is 2. The fourth-order valence-corrected chi connectivity index (χ4v) is 11.3. The number of aromatic nitrogens is 8. The quantitative estimate of drug-likeness (QED) is 0.0335. The maximum absolute atomic E-state index is 6.60. The van der Waals surface area contributed by atoms with Crippen molar-refractivity contribution < 1.29 is 114 Å². The molecule has 2 N–H and O–H groups in total. The first kappa shape index (κ1) is 88.0. The molecule has 0 spiro atoms. The lowest BCUT2D eigenvalue weighted by molar-refractivity contribution is 0.0370. The molecule has 2 aliphatic rings. The van der Waals surface area contributed by atoms with Crippen LogP contribution in [0.2, 0.25) is 0 Å². The van der Waals surface area contributed by atoms with Crippen molar-refractivity contribution in [1.82, 2.24) is 39.9 Å². The molecule has 5 heterocycles. The molecule has 0 unspecified atom stereocenters. The van der Waals surface area contributed by atoms with Crippen molar-refractivity contribution in [2.24, 2.45) is 0 Å². The molecule has 8 bridgehead atoms. The second-order valence-corrected chi connectivity index (χ2v) is 24.2. The lowest BCUT2D eigenvalue weighted by Crippen LogP contribution is -2.13. The Kier molecular flexibility index (Phi) is 40.6. The largest absolute Gasteiger partial charge is 0.487 e. The zero-order chi connectivity index (χ0) is 78.4. The summed E-state index contributed by atoms with van der Waals surface area (Å²) in [6.07, 6.45) is 0. The molecule has 0 amide bonds. The standard InChI is InChI=1S/C80H114N8O24/c1-9-89-17-25-97-33-41-105-65-49-57-58(50-66(65)106-42-34-98-26-18-90-10-2)74-81-73(57)85-75-59-51-67(107-43-35-99-27-19-91-11-3)68(108-44-36-100-28-20-92-12-4)52-60(59)77(82-75)87-79-63-55-71(111-47-39-103-31-23-95-15-7)72(112-48-40-104-32-24-96-16-8)56-64(63)80(84-79)88-78-62-54-70(110-46-38-102-30-22-94-14-6)69(53-61(62)76(83-78)86-74)109-45-37-101-29-21-93-13-5/h49-56H,9-48H2,1-8H3,(H2,81,82,83,84,85,86,87,88). The number of ether oxygens (including phenoxy) is 24. The number of benzene rings is 4. The highest BCUT2D eigenvalue weighted by Gasteiger charge is 2.28. The van der Waals surface area contributed by atoms with Crippen molar-refractivity contribution in [3.8, 4) is 91.5 Å². The first-order valence-corrected chi connectivity index (χ1v) is 39.1. The first-order valence-electron chi connectivity index (χ1n) is 39.1. The second-order valence-electron chi connectivity index (χ2n) is 24.2. The van der Waals surface area contributed by atoms with E-state index in [1.807, 2.05) is 104 Å². The van der Waals surface area contributed by atoms with Crippen molar-refractivity contribution in [1.29, 1.82) is 0 Å². The summed E-state index contributed by atoms with van der Waals surface area (Å²) in [4.78, 5) is 39.8. The van der Waals surface area contributed by atoms with Gasteiger partial charge in [-0.05, 0) is 104 Å². The topological polar surface area (TPSA) is 330 Å². The molecule has 4 aromatic carbocycles. The Bertz CT molecular complexity index is 3540. The summed E-state index contributed by atoms with van der Waals surface area (Å²) in [6.45, 7) is 29.9. The summed E-state index contributed by atoms with van der Waals surface area (Å²) in [6, 6.07) is 14.8. The molecular formula is C80H114N8O24. The molecule has 0 radical (unpaired) electrons. The predicted octanol–water partition coefficient (Wildman–Crippen LogP) is 10.3. The van der Waals surface area contributed by atoms with Gasteiger partial charge in [-0.1, -0.05) is 0 Å². The van der Waals surface area contributed by atoms with E-state index in [1.54, 1.807) is 0 Å². The van der Waals surface area contributed by atoms with Crippen LogP contribution in [0.4, 0.5) is 0 Å². The van der Waals surface area contributed by atoms with Crippen LogP contribution in [-0.2, 0) is 75.8 Å². The molecule has 0 saturated heterocycles. The van der Waals surface area contributed by atoms with Gasteiger partial charge in [-0.25, -0.2) is 29.9 Å². The Morgan fingerprint density at radius 2 is 0.321 bits per heavy atom. The summed E-state index contributed by atoms with van der Waals surface area (Å²) in [5.41, 5.74) is 3.53. The van der Waals surface area contributed by atoms with Gasteiger partial charge >= 0.3 is 0 Å². The second kappa shape index (κ2) is 51.7. The molecule has 32 heteroatoms. The monoisotopic (exact) mass is 1570 g/mol. The van der Waals surface area contributed by atoms with Crippen molar-refractivity contribution in [3.63, 3.8) is 0 Å². The smallest absolute Gasteiger partial charge is 0.164 e. The van der Waals surface area contributed by atoms with Gasteiger partial charge in [0.05, 0.1) is 159 Å². The van der Waals surface area contributed by atoms with Gasteiger partial charge in [-0.15, -0.1) is 0 Å². The molecule has 0 aliphatic carbocycles. The Hall–Kier alpha value is -8.00. The highest BCUT2D eigenvalue weighted by atomic mass is 16.6. The zero-order valence-electron chi connectivity index (χ0n) is 66.4. The summed E-state index contributed by atoms with van der Waals surface area (Å²) < 4.78 is 145. The van der Waals surface area contributed by atoms with E-state index in [0.29, 0.717) is 271 Å². The summed E-state index contributed by atoms with van der Waals surface area (Å²) in [5.74, 6) is 4.09. The lowest BCUT2D eigenvalue weighted by atomic mass is 10.1. The third kappa shape index (κ3) is 28.2. The highest BCUT2D eigenvalue weighted by molar-refractivity contribution is 6.08. The molecule has 9 rings (SSSR count). The van der Waals surface area contributed by atoms with Crippen molar-refractivity contribution in [3.05, 3.63) is 48.5 Å². The number of hydrogen-bond acceptors (Lipinski definition) is 30. The third-order valence-electron chi connectivity index (χ3n) is 16.6. The van der Waals surface area contributed by atoms with Crippen LogP contribution in [0, 0.1) is 0 Å². The van der Waals surface area contributed by atoms with E-state index in [1.165, 1.54) is 0 Å². The molecule has 112 heavy (non-hydrogen) atoms. The summed E-state index contributed by atoms with van der Waals surface area (Å²) in [7, 11) is 0. The Morgan fingerprint density at radius 3 is 0.482 bits per heavy atom. The number of nitrogens with zero attached hydrogens (tertiary/aromatic N) is 6. The van der Waals surface area contributed by atoms with E-state index in [2.05, 4.69) is 9.97 Å². The van der Waals surface area contributed by atoms with E-state index >= 15 is 0 Å². The number of fused-ring (bicyclic) bond motifs is 20. The van der Waals surface area contributed by atoms with Gasteiger partial charge in [0.15, 0.2) is 69.3 Å². The Labute approximate surface area is 654 Å². The average Bonchev–Trinajstić information content (AvgIpc) is 1.59. The molecule has 618 valence electrons. The zero-order valence-corrected chi connectivity index (χ0v) is 66.4. The molecule has 0 atom stereocenters. The minimum absolute atomic E-state index is 0.159. The maximum atomic E-state index is 6.60. The Morgan fingerprint density at radius 1 is 0.179 bits per heavy atom. The van der Waals surface area contributed by atoms with Crippen molar-refractivity contribution in [2.75, 3.05) is 264 Å². The molecule has 0 saturated carbocycles. The van der Waals surface area contributed by atoms with Crippen LogP contribution in [0.25, 0.3) is 89.7 Å². The fourth-order valence-electron chi connectivity index (χ4n) is 11.3. The number of nitrogens with one attached hydrogen (secondary N) is 2. The van der Waals surface area contributed by atoms with Crippen LogP contribution < -0.4 is 37.9 Å². The van der Waals surface area contributed by atoms with Gasteiger partial charge in [0.2, 0.25) is 0 Å². The normalized spacial score (nSPS) is 11.8. The lowest BCUT2D eigenvalue weighted by Gasteiger charge is -2.15. The van der Waals surface area contributed by atoms with Gasteiger partial charge in [0.1, 0.15) is 75.4 Å². The van der Waals surface area contributed by atoms with Gasteiger partial charge < -0.3 is 124 Å². The van der Waals surface area contributed by atoms with Crippen LogP contribution in [0.1, 0.15) is 55.4 Å². The molecule has 7 aromatic rings. The highest BCUT2D eigenvalue weighted by Crippen LogP contribution is 2.46. The fraction of sp³-hybridized carbons (Fsp3) is 0.600. The predicted molar refractivity (Wildman–Crippen MR) is 419 cm³/mol. The summed E-state index contributed by atoms with van der Waals surface area (Å²) in [5, 5.41) is 2.30. The van der Waals surface area contributed by atoms with Crippen LogP contribution in [-0.4, -0.2) is 304 Å². The molecule has 2 aliphatic heterocycles. The van der Waals surface area contributed by atoms with Gasteiger partial charge in [-0.2, -0.15) is 0 Å². The van der Waals surface area contributed by atoms with E-state index in [4.69, 9.17) is 144 Å². The molecule has 0 fully saturated rings. The Balaban J connectivity index is 1.32. The SMILES string of the molecule is CCOCCOCCOc1cc2c(cc1OCCOCCOCC)-c1nc-2nc2[nH]c(nc3nc(nc4[nH]c(n1)c1cc(OCCOCCOCC)c(OCCOCCOCC)cc41)-c1cc(OCCOCCOCC)c(OCCOCCOCC)cc1-3)c1cc(OCCOCCOCC)c(OCCOCCOCC)cc21. The van der Waals surface area contributed by atoms with Gasteiger partial charge in [0.25, 0.3) is 0 Å². The van der Waals surface area contributed by atoms with Crippen LogP contribution in [0.5, 0.6) is 46.0 Å². The van der Waals surface area contributed by atoms with E-state index in [9.17, 15) is 0 Å². The minimum Gasteiger partial charge on any atom is -0.487 e. The summed E-state index contributed by atoms with van der Waals surface area (Å²) >= 11 is 0. The van der Waals surface area contributed by atoms with Crippen LogP contribution >= 0.6 is 0 Å². The van der Waals surface area contributed by atoms with E-state index < -0.39 is 0 Å². The first-order chi connectivity index (χ1) is 55.3.